The van der Waals surface area contributed by atoms with Gasteiger partial charge in [0.15, 0.2) is 5.82 Å². The molecule has 4 rings (SSSR count). The number of para-hydroxylation sites is 1. The summed E-state index contributed by atoms with van der Waals surface area (Å²) in [5.41, 5.74) is 0.958. The van der Waals surface area contributed by atoms with E-state index >= 15 is 0 Å². The van der Waals surface area contributed by atoms with Gasteiger partial charge in [0, 0.05) is 36.3 Å². The highest BCUT2D eigenvalue weighted by Gasteiger charge is 2.16. The van der Waals surface area contributed by atoms with Crippen LogP contribution in [-0.2, 0) is 29.1 Å². The second-order valence-corrected chi connectivity index (χ2v) is 8.74. The Kier molecular flexibility index (Phi) is 7.65. The number of aromatic amines is 1. The summed E-state index contributed by atoms with van der Waals surface area (Å²) < 4.78 is 2.22. The van der Waals surface area contributed by atoms with E-state index in [0.717, 1.165) is 15.8 Å². The van der Waals surface area contributed by atoms with Crippen LogP contribution in [0.15, 0.2) is 64.2 Å². The molecule has 2 aromatic heterocycles. The highest BCUT2D eigenvalue weighted by molar-refractivity contribution is 6.30. The number of hydrogen-bond donors (Lipinski definition) is 3. The van der Waals surface area contributed by atoms with Crippen molar-refractivity contribution in [2.75, 3.05) is 11.9 Å². The van der Waals surface area contributed by atoms with Crippen molar-refractivity contribution in [3.63, 3.8) is 0 Å². The number of anilines is 1. The minimum absolute atomic E-state index is 0.0627. The van der Waals surface area contributed by atoms with Gasteiger partial charge in [-0.15, -0.1) is 0 Å². The molecule has 0 saturated heterocycles. The number of benzene rings is 2. The van der Waals surface area contributed by atoms with E-state index in [1.807, 2.05) is 12.1 Å². The molecule has 2 aromatic carbocycles. The number of H-pyrrole nitrogens is 1. The van der Waals surface area contributed by atoms with Gasteiger partial charge in [0.1, 0.15) is 6.54 Å². The number of hydrogen-bond acceptors (Lipinski definition) is 5. The fraction of sp³-hybridized carbons (Fsp3) is 0.240. The molecule has 2 heterocycles. The van der Waals surface area contributed by atoms with E-state index in [4.69, 9.17) is 11.6 Å². The summed E-state index contributed by atoms with van der Waals surface area (Å²) in [6.07, 6.45) is 0.559. The van der Waals surface area contributed by atoms with Crippen molar-refractivity contribution in [1.29, 1.82) is 0 Å². The number of aryl methyl sites for hydroxylation is 1. The fourth-order valence-corrected chi connectivity index (χ4v) is 3.95. The first-order valence-corrected chi connectivity index (χ1v) is 11.7. The quantitative estimate of drug-likeness (QED) is 0.319. The summed E-state index contributed by atoms with van der Waals surface area (Å²) in [4.78, 5) is 51.2. The number of nitrogens with zero attached hydrogens (tertiary/aromatic N) is 3. The van der Waals surface area contributed by atoms with Crippen molar-refractivity contribution in [3.8, 4) is 0 Å². The van der Waals surface area contributed by atoms with Gasteiger partial charge in [0.2, 0.25) is 11.8 Å². The molecule has 0 aliphatic heterocycles. The number of halogens is 1. The van der Waals surface area contributed by atoms with Crippen LogP contribution in [0.3, 0.4) is 0 Å². The molecule has 0 radical (unpaired) electrons. The van der Waals surface area contributed by atoms with Crippen molar-refractivity contribution < 1.29 is 9.59 Å². The molecule has 2 amide bonds. The molecular formula is C25H25ClN6O4. The molecule has 186 valence electrons. The zero-order valence-electron chi connectivity index (χ0n) is 19.6. The van der Waals surface area contributed by atoms with Crippen molar-refractivity contribution in [1.82, 2.24) is 24.6 Å². The minimum Gasteiger partial charge on any atom is -0.356 e. The van der Waals surface area contributed by atoms with Crippen LogP contribution < -0.4 is 21.9 Å². The summed E-state index contributed by atoms with van der Waals surface area (Å²) in [6, 6.07) is 15.6. The standard InChI is InChI=1S/C25H25ClN6O4/c1-16-14-21(30-29-16)28-23(34)15-32-20-5-3-2-4-19(20)24(35)31(25(32)36)13-11-22(33)27-12-10-17-6-8-18(26)9-7-17/h2-9,14H,10-13,15H2,1H3,(H,27,33)(H2,28,29,30,34). The topological polar surface area (TPSA) is 131 Å². The lowest BCUT2D eigenvalue weighted by molar-refractivity contribution is -0.121. The number of rotatable bonds is 9. The predicted molar refractivity (Wildman–Crippen MR) is 137 cm³/mol. The smallest absolute Gasteiger partial charge is 0.331 e. The maximum absolute atomic E-state index is 13.2. The van der Waals surface area contributed by atoms with Crippen LogP contribution in [0, 0.1) is 6.92 Å². The van der Waals surface area contributed by atoms with E-state index in [2.05, 4.69) is 20.8 Å². The van der Waals surface area contributed by atoms with E-state index in [1.54, 1.807) is 49.4 Å². The Bertz CT molecular complexity index is 1520. The van der Waals surface area contributed by atoms with E-state index in [9.17, 15) is 19.2 Å². The number of carbonyl (C=O) groups excluding carboxylic acids is 2. The van der Waals surface area contributed by atoms with Gasteiger partial charge in [-0.1, -0.05) is 35.9 Å². The van der Waals surface area contributed by atoms with Crippen molar-refractivity contribution in [3.05, 3.63) is 91.7 Å². The average Bonchev–Trinajstić information content (AvgIpc) is 3.27. The molecule has 4 aromatic rings. The third kappa shape index (κ3) is 5.89. The first-order valence-electron chi connectivity index (χ1n) is 11.4. The van der Waals surface area contributed by atoms with Crippen LogP contribution in [0.4, 0.5) is 5.82 Å². The average molecular weight is 509 g/mol. The second kappa shape index (κ2) is 11.0. The number of aromatic nitrogens is 4. The van der Waals surface area contributed by atoms with Crippen LogP contribution >= 0.6 is 11.6 Å². The van der Waals surface area contributed by atoms with Gasteiger partial charge in [0.05, 0.1) is 10.9 Å². The summed E-state index contributed by atoms with van der Waals surface area (Å²) in [6.45, 7) is 1.77. The minimum atomic E-state index is -0.666. The van der Waals surface area contributed by atoms with Gasteiger partial charge in [0.25, 0.3) is 5.56 Å². The SMILES string of the molecule is Cc1cc(NC(=O)Cn2c(=O)n(CCC(=O)NCCc3ccc(Cl)cc3)c(=O)c3ccccc32)n[nH]1. The van der Waals surface area contributed by atoms with Crippen LogP contribution in [-0.4, -0.2) is 37.7 Å². The Morgan fingerprint density at radius 2 is 1.78 bits per heavy atom. The molecule has 0 spiro atoms. The van der Waals surface area contributed by atoms with E-state index in [-0.39, 0.29) is 30.8 Å². The summed E-state index contributed by atoms with van der Waals surface area (Å²) in [5, 5.41) is 13.0. The molecule has 10 nitrogen and oxygen atoms in total. The van der Waals surface area contributed by atoms with Crippen LogP contribution in [0.2, 0.25) is 5.02 Å². The van der Waals surface area contributed by atoms with Gasteiger partial charge in [-0.3, -0.25) is 28.6 Å². The van der Waals surface area contributed by atoms with E-state index in [0.29, 0.717) is 29.3 Å². The maximum Gasteiger partial charge on any atom is 0.331 e. The first kappa shape index (κ1) is 24.9. The van der Waals surface area contributed by atoms with Gasteiger partial charge >= 0.3 is 5.69 Å². The Balaban J connectivity index is 1.47. The van der Waals surface area contributed by atoms with Gasteiger partial charge in [-0.25, -0.2) is 4.79 Å². The van der Waals surface area contributed by atoms with Crippen LogP contribution in [0.1, 0.15) is 17.7 Å². The van der Waals surface area contributed by atoms with Crippen molar-refractivity contribution >= 4 is 40.1 Å². The molecule has 0 atom stereocenters. The summed E-state index contributed by atoms with van der Waals surface area (Å²) in [5.74, 6) is -0.432. The number of carbonyl (C=O) groups is 2. The van der Waals surface area contributed by atoms with Crippen molar-refractivity contribution in [2.45, 2.75) is 32.9 Å². The largest absolute Gasteiger partial charge is 0.356 e. The first-order chi connectivity index (χ1) is 17.3. The lowest BCUT2D eigenvalue weighted by Gasteiger charge is -2.14. The maximum atomic E-state index is 13.2. The lowest BCUT2D eigenvalue weighted by atomic mass is 10.1. The normalized spacial score (nSPS) is 10.9. The van der Waals surface area contributed by atoms with Gasteiger partial charge in [-0.2, -0.15) is 5.10 Å². The number of nitrogens with one attached hydrogen (secondary N) is 3. The molecular weight excluding hydrogens is 484 g/mol. The van der Waals surface area contributed by atoms with Gasteiger partial charge < -0.3 is 10.6 Å². The predicted octanol–water partition coefficient (Wildman–Crippen LogP) is 2.24. The monoisotopic (exact) mass is 508 g/mol. The lowest BCUT2D eigenvalue weighted by Crippen LogP contribution is -2.42. The number of amides is 2. The van der Waals surface area contributed by atoms with Gasteiger partial charge in [-0.05, 0) is 43.2 Å². The zero-order valence-corrected chi connectivity index (χ0v) is 20.3. The highest BCUT2D eigenvalue weighted by Crippen LogP contribution is 2.10. The zero-order chi connectivity index (χ0) is 25.7. The van der Waals surface area contributed by atoms with Crippen LogP contribution in [0.25, 0.3) is 10.9 Å². The molecule has 0 bridgehead atoms. The molecule has 11 heteroatoms. The Hall–Kier alpha value is -4.18. The second-order valence-electron chi connectivity index (χ2n) is 8.30. The molecule has 0 unspecified atom stereocenters. The molecule has 0 aliphatic carbocycles. The molecule has 36 heavy (non-hydrogen) atoms. The van der Waals surface area contributed by atoms with Crippen LogP contribution in [0.5, 0.6) is 0 Å². The molecule has 0 aliphatic rings. The molecule has 0 saturated carbocycles. The Morgan fingerprint density at radius 3 is 2.50 bits per heavy atom. The van der Waals surface area contributed by atoms with Crippen molar-refractivity contribution in [2.24, 2.45) is 0 Å². The fourth-order valence-electron chi connectivity index (χ4n) is 3.83. The Labute approximate surface area is 210 Å². The molecule has 0 fully saturated rings. The Morgan fingerprint density at radius 1 is 1.03 bits per heavy atom. The van der Waals surface area contributed by atoms with E-state index < -0.39 is 17.2 Å². The van der Waals surface area contributed by atoms with E-state index in [1.165, 1.54) is 4.57 Å². The highest BCUT2D eigenvalue weighted by atomic mass is 35.5. The summed E-state index contributed by atoms with van der Waals surface area (Å²) in [7, 11) is 0. The number of fused-ring (bicyclic) bond motifs is 1. The third-order valence-corrected chi connectivity index (χ3v) is 5.87. The third-order valence-electron chi connectivity index (χ3n) is 5.62. The molecule has 3 N–H and O–H groups in total. The summed E-state index contributed by atoms with van der Waals surface area (Å²) >= 11 is 5.88.